The highest BCUT2D eigenvalue weighted by Gasteiger charge is 2.18. The lowest BCUT2D eigenvalue weighted by Gasteiger charge is -2.15. The molecular weight excluding hydrogens is 228 g/mol. The lowest BCUT2D eigenvalue weighted by Crippen LogP contribution is -2.17. The first-order valence-electron chi connectivity index (χ1n) is 6.46. The zero-order valence-corrected chi connectivity index (χ0v) is 10.5. The van der Waals surface area contributed by atoms with Gasteiger partial charge >= 0.3 is 0 Å². The first kappa shape index (κ1) is 13.3. The fourth-order valence-corrected chi connectivity index (χ4v) is 2.62. The van der Waals surface area contributed by atoms with Crippen LogP contribution in [0.2, 0.25) is 0 Å². The van der Waals surface area contributed by atoms with Gasteiger partial charge in [-0.1, -0.05) is 43.7 Å². The van der Waals surface area contributed by atoms with Crippen LogP contribution in [0.4, 0.5) is 0 Å². The second-order valence-corrected chi connectivity index (χ2v) is 4.91. The van der Waals surface area contributed by atoms with E-state index in [9.17, 15) is 0 Å². The normalized spacial score (nSPS) is 17.9. The largest absolute Gasteiger partial charge is 0.393 e. The van der Waals surface area contributed by atoms with Crippen LogP contribution in [-0.2, 0) is 4.89 Å². The quantitative estimate of drug-likeness (QED) is 0.621. The SMILES string of the molecule is C=C(c1ccc(C2CCCC2)cc1)C(CO)OO. The summed E-state index contributed by atoms with van der Waals surface area (Å²) >= 11 is 0. The highest BCUT2D eigenvalue weighted by Crippen LogP contribution is 2.34. The standard InChI is InChI=1S/C15H20O3/c1-11(15(10-16)18-17)12-6-8-14(9-7-12)13-4-2-3-5-13/h6-9,13,15-17H,1-5,10H2. The highest BCUT2D eigenvalue weighted by molar-refractivity contribution is 5.67. The molecule has 0 saturated heterocycles. The van der Waals surface area contributed by atoms with Gasteiger partial charge in [-0.25, -0.2) is 4.89 Å². The van der Waals surface area contributed by atoms with Gasteiger partial charge in [-0.2, -0.15) is 0 Å². The van der Waals surface area contributed by atoms with Gasteiger partial charge in [0.15, 0.2) is 0 Å². The molecule has 1 fully saturated rings. The molecule has 0 amide bonds. The summed E-state index contributed by atoms with van der Waals surface area (Å²) in [6.45, 7) is 3.57. The van der Waals surface area contributed by atoms with E-state index in [4.69, 9.17) is 10.4 Å². The van der Waals surface area contributed by atoms with Gasteiger partial charge in [0, 0.05) is 0 Å². The lowest BCUT2D eigenvalue weighted by atomic mass is 9.94. The van der Waals surface area contributed by atoms with Gasteiger partial charge in [-0.15, -0.1) is 0 Å². The average Bonchev–Trinajstić information content (AvgIpc) is 2.94. The minimum absolute atomic E-state index is 0.278. The van der Waals surface area contributed by atoms with Crippen molar-refractivity contribution in [2.75, 3.05) is 6.61 Å². The number of aliphatic hydroxyl groups excluding tert-OH is 1. The summed E-state index contributed by atoms with van der Waals surface area (Å²) in [7, 11) is 0. The molecule has 0 aromatic heterocycles. The van der Waals surface area contributed by atoms with E-state index in [0.717, 1.165) is 5.56 Å². The maximum Gasteiger partial charge on any atom is 0.141 e. The molecule has 1 aliphatic rings. The topological polar surface area (TPSA) is 49.7 Å². The van der Waals surface area contributed by atoms with Crippen molar-refractivity contribution in [1.29, 1.82) is 0 Å². The van der Waals surface area contributed by atoms with E-state index in [1.165, 1.54) is 31.2 Å². The predicted molar refractivity (Wildman–Crippen MR) is 71.3 cm³/mol. The minimum Gasteiger partial charge on any atom is -0.393 e. The summed E-state index contributed by atoms with van der Waals surface area (Å²) in [5.74, 6) is 0.690. The zero-order chi connectivity index (χ0) is 13.0. The van der Waals surface area contributed by atoms with E-state index < -0.39 is 6.10 Å². The molecule has 1 saturated carbocycles. The molecule has 0 heterocycles. The van der Waals surface area contributed by atoms with Crippen molar-refractivity contribution >= 4 is 5.57 Å². The Morgan fingerprint density at radius 1 is 1.28 bits per heavy atom. The van der Waals surface area contributed by atoms with E-state index >= 15 is 0 Å². The first-order valence-corrected chi connectivity index (χ1v) is 6.46. The third kappa shape index (κ3) is 2.80. The molecule has 1 aromatic rings. The third-order valence-corrected chi connectivity index (χ3v) is 3.79. The second-order valence-electron chi connectivity index (χ2n) is 4.91. The molecule has 3 heteroatoms. The van der Waals surface area contributed by atoms with E-state index in [1.807, 2.05) is 12.1 Å². The van der Waals surface area contributed by atoms with Crippen LogP contribution < -0.4 is 0 Å². The third-order valence-electron chi connectivity index (χ3n) is 3.79. The van der Waals surface area contributed by atoms with Crippen LogP contribution in [0.3, 0.4) is 0 Å². The highest BCUT2D eigenvalue weighted by atomic mass is 17.1. The number of hydrogen-bond donors (Lipinski definition) is 2. The van der Waals surface area contributed by atoms with Gasteiger partial charge in [0.25, 0.3) is 0 Å². The number of aliphatic hydroxyl groups is 1. The average molecular weight is 248 g/mol. The van der Waals surface area contributed by atoms with Crippen molar-refractivity contribution in [2.24, 2.45) is 0 Å². The Kier molecular flexibility index (Phi) is 4.53. The molecule has 0 bridgehead atoms. The van der Waals surface area contributed by atoms with Gasteiger partial charge in [0.05, 0.1) is 6.61 Å². The van der Waals surface area contributed by atoms with Gasteiger partial charge in [0.1, 0.15) is 6.10 Å². The zero-order valence-electron chi connectivity index (χ0n) is 10.5. The maximum atomic E-state index is 9.04. The van der Waals surface area contributed by atoms with E-state index in [1.54, 1.807) is 0 Å². The van der Waals surface area contributed by atoms with Crippen molar-refractivity contribution in [2.45, 2.75) is 37.7 Å². The summed E-state index contributed by atoms with van der Waals surface area (Å²) < 4.78 is 0. The van der Waals surface area contributed by atoms with Crippen molar-refractivity contribution in [3.05, 3.63) is 42.0 Å². The molecule has 1 unspecified atom stereocenters. The fraction of sp³-hybridized carbons (Fsp3) is 0.467. The van der Waals surface area contributed by atoms with Crippen molar-refractivity contribution < 1.29 is 15.3 Å². The van der Waals surface area contributed by atoms with Gasteiger partial charge in [-0.05, 0) is 35.5 Å². The maximum absolute atomic E-state index is 9.04. The molecule has 2 N–H and O–H groups in total. The molecule has 1 aliphatic carbocycles. The molecule has 1 aromatic carbocycles. The molecule has 0 aliphatic heterocycles. The summed E-state index contributed by atoms with van der Waals surface area (Å²) in [6.07, 6.45) is 4.45. The molecule has 1 atom stereocenters. The van der Waals surface area contributed by atoms with E-state index in [-0.39, 0.29) is 6.61 Å². The molecule has 2 rings (SSSR count). The van der Waals surface area contributed by atoms with Crippen LogP contribution in [-0.4, -0.2) is 23.1 Å². The van der Waals surface area contributed by atoms with Crippen LogP contribution in [0, 0.1) is 0 Å². The summed E-state index contributed by atoms with van der Waals surface area (Å²) in [6, 6.07) is 8.19. The van der Waals surface area contributed by atoms with Crippen LogP contribution in [0.5, 0.6) is 0 Å². The summed E-state index contributed by atoms with van der Waals surface area (Å²) in [4.78, 5) is 4.20. The van der Waals surface area contributed by atoms with Crippen molar-refractivity contribution in [3.8, 4) is 0 Å². The Hall–Kier alpha value is -1.16. The molecule has 3 nitrogen and oxygen atoms in total. The Balaban J connectivity index is 2.09. The second kappa shape index (κ2) is 6.14. The van der Waals surface area contributed by atoms with Crippen LogP contribution >= 0.6 is 0 Å². The van der Waals surface area contributed by atoms with Gasteiger partial charge in [-0.3, -0.25) is 5.26 Å². The first-order chi connectivity index (χ1) is 8.76. The fourth-order valence-electron chi connectivity index (χ4n) is 2.62. The van der Waals surface area contributed by atoms with Crippen molar-refractivity contribution in [3.63, 3.8) is 0 Å². The van der Waals surface area contributed by atoms with Crippen LogP contribution in [0.1, 0.15) is 42.7 Å². The minimum atomic E-state index is -0.748. The summed E-state index contributed by atoms with van der Waals surface area (Å²) in [5.41, 5.74) is 2.86. The molecule has 98 valence electrons. The van der Waals surface area contributed by atoms with Crippen LogP contribution in [0.15, 0.2) is 30.8 Å². The molecule has 0 radical (unpaired) electrons. The molecular formula is C15H20O3. The lowest BCUT2D eigenvalue weighted by molar-refractivity contribution is -0.268. The van der Waals surface area contributed by atoms with Crippen molar-refractivity contribution in [1.82, 2.24) is 0 Å². The number of benzene rings is 1. The van der Waals surface area contributed by atoms with Crippen LogP contribution in [0.25, 0.3) is 5.57 Å². The predicted octanol–water partition coefficient (Wildman–Crippen LogP) is 3.21. The smallest absolute Gasteiger partial charge is 0.141 e. The van der Waals surface area contributed by atoms with E-state index in [2.05, 4.69) is 23.6 Å². The number of hydrogen-bond acceptors (Lipinski definition) is 3. The van der Waals surface area contributed by atoms with E-state index in [0.29, 0.717) is 11.5 Å². The Morgan fingerprint density at radius 2 is 1.89 bits per heavy atom. The van der Waals surface area contributed by atoms with Gasteiger partial charge < -0.3 is 5.11 Å². The Morgan fingerprint density at radius 3 is 2.39 bits per heavy atom. The molecule has 18 heavy (non-hydrogen) atoms. The Bertz CT molecular complexity index is 387. The van der Waals surface area contributed by atoms with Gasteiger partial charge in [0.2, 0.25) is 0 Å². The number of rotatable bonds is 5. The summed E-state index contributed by atoms with van der Waals surface area (Å²) in [5, 5.41) is 17.7. The monoisotopic (exact) mass is 248 g/mol. The Labute approximate surface area is 108 Å². The molecule has 0 spiro atoms.